The zero-order valence-electron chi connectivity index (χ0n) is 13.8. The summed E-state index contributed by atoms with van der Waals surface area (Å²) in [6, 6.07) is 0. The number of Topliss-reactive ketones (excluding diaryl/α,β-unsaturated/α-hetero) is 2. The lowest BCUT2D eigenvalue weighted by atomic mass is 9.78. The summed E-state index contributed by atoms with van der Waals surface area (Å²) in [5, 5.41) is 0.779. The molecule has 3 heteroatoms. The Morgan fingerprint density at radius 3 is 2.00 bits per heavy atom. The summed E-state index contributed by atoms with van der Waals surface area (Å²) < 4.78 is 0. The monoisotopic (exact) mass is 318 g/mol. The van der Waals surface area contributed by atoms with Crippen molar-refractivity contribution in [2.75, 3.05) is 0 Å². The molecule has 0 aliphatic heterocycles. The van der Waals surface area contributed by atoms with Crippen LogP contribution >= 0.6 is 11.6 Å². The Morgan fingerprint density at radius 2 is 1.45 bits per heavy atom. The third kappa shape index (κ3) is 2.52. The van der Waals surface area contributed by atoms with Gasteiger partial charge in [-0.2, -0.15) is 0 Å². The number of hydrogen-bond donors (Lipinski definition) is 0. The van der Waals surface area contributed by atoms with Gasteiger partial charge in [-0.1, -0.05) is 25.4 Å². The van der Waals surface area contributed by atoms with Gasteiger partial charge in [0.1, 0.15) is 11.6 Å². The number of fused-ring (bicyclic) bond motifs is 1. The van der Waals surface area contributed by atoms with Gasteiger partial charge in [0.2, 0.25) is 0 Å². The highest BCUT2D eigenvalue weighted by atomic mass is 35.5. The van der Waals surface area contributed by atoms with Crippen LogP contribution in [0.5, 0.6) is 0 Å². The van der Waals surface area contributed by atoms with Crippen molar-refractivity contribution < 1.29 is 9.59 Å². The van der Waals surface area contributed by atoms with Crippen molar-refractivity contribution in [1.29, 1.82) is 0 Å². The van der Waals surface area contributed by atoms with Crippen LogP contribution in [0, 0.1) is 19.3 Å². The van der Waals surface area contributed by atoms with E-state index in [1.807, 2.05) is 0 Å². The molecule has 118 valence electrons. The van der Waals surface area contributed by atoms with Crippen molar-refractivity contribution in [1.82, 2.24) is 0 Å². The fraction of sp³-hybridized carbons (Fsp3) is 0.579. The molecule has 0 unspecified atom stereocenters. The van der Waals surface area contributed by atoms with Crippen LogP contribution in [0.15, 0.2) is 0 Å². The van der Waals surface area contributed by atoms with Gasteiger partial charge in [0, 0.05) is 17.9 Å². The third-order valence-corrected chi connectivity index (χ3v) is 5.79. The number of hydrogen-bond acceptors (Lipinski definition) is 2. The van der Waals surface area contributed by atoms with Gasteiger partial charge < -0.3 is 0 Å². The van der Waals surface area contributed by atoms with Crippen LogP contribution in [0.1, 0.15) is 66.8 Å². The average molecular weight is 319 g/mol. The molecular weight excluding hydrogens is 296 g/mol. The van der Waals surface area contributed by atoms with Crippen LogP contribution < -0.4 is 0 Å². The molecule has 1 saturated carbocycles. The minimum atomic E-state index is -0.0334. The van der Waals surface area contributed by atoms with Gasteiger partial charge in [0.05, 0.1) is 6.42 Å². The summed E-state index contributed by atoms with van der Waals surface area (Å²) in [7, 11) is 0. The topological polar surface area (TPSA) is 34.1 Å². The molecule has 0 bridgehead atoms. The first-order valence-electron chi connectivity index (χ1n) is 8.03. The van der Waals surface area contributed by atoms with Crippen molar-refractivity contribution in [3.63, 3.8) is 0 Å². The van der Waals surface area contributed by atoms with Crippen LogP contribution in [0.4, 0.5) is 0 Å². The first-order valence-corrected chi connectivity index (χ1v) is 8.41. The van der Waals surface area contributed by atoms with Crippen LogP contribution in [-0.4, -0.2) is 11.6 Å². The van der Waals surface area contributed by atoms with Gasteiger partial charge in [-0.15, -0.1) is 0 Å². The first kappa shape index (κ1) is 15.7. The van der Waals surface area contributed by atoms with Crippen LogP contribution in [0.2, 0.25) is 5.02 Å². The van der Waals surface area contributed by atoms with Gasteiger partial charge in [-0.3, -0.25) is 9.59 Å². The lowest BCUT2D eigenvalue weighted by Crippen LogP contribution is -2.22. The largest absolute Gasteiger partial charge is 0.299 e. The van der Waals surface area contributed by atoms with E-state index in [0.717, 1.165) is 29.0 Å². The van der Waals surface area contributed by atoms with Crippen LogP contribution in [-0.2, 0) is 22.4 Å². The lowest BCUT2D eigenvalue weighted by molar-refractivity contribution is -0.130. The molecule has 1 fully saturated rings. The van der Waals surface area contributed by atoms with Gasteiger partial charge >= 0.3 is 0 Å². The second kappa shape index (κ2) is 5.19. The van der Waals surface area contributed by atoms with Gasteiger partial charge in [-0.25, -0.2) is 0 Å². The van der Waals surface area contributed by atoms with E-state index < -0.39 is 0 Å². The molecule has 0 saturated heterocycles. The van der Waals surface area contributed by atoms with Crippen LogP contribution in [0.3, 0.4) is 0 Å². The van der Waals surface area contributed by atoms with Crippen molar-refractivity contribution in [2.45, 2.75) is 65.7 Å². The molecule has 1 aromatic carbocycles. The molecule has 0 N–H and O–H groups in total. The van der Waals surface area contributed by atoms with Crippen LogP contribution in [0.25, 0.3) is 0 Å². The number of benzene rings is 1. The lowest BCUT2D eigenvalue weighted by Gasteiger charge is -2.26. The van der Waals surface area contributed by atoms with Crippen molar-refractivity contribution >= 4 is 23.2 Å². The summed E-state index contributed by atoms with van der Waals surface area (Å²) in [4.78, 5) is 23.7. The Bertz CT molecular complexity index is 669. The molecule has 22 heavy (non-hydrogen) atoms. The maximum Gasteiger partial charge on any atom is 0.140 e. The maximum absolute atomic E-state index is 11.8. The van der Waals surface area contributed by atoms with E-state index in [1.54, 1.807) is 0 Å². The Hall–Kier alpha value is -1.15. The Labute approximate surface area is 137 Å². The van der Waals surface area contributed by atoms with E-state index in [-0.39, 0.29) is 29.3 Å². The smallest absolute Gasteiger partial charge is 0.140 e. The van der Waals surface area contributed by atoms with Crippen molar-refractivity contribution in [3.8, 4) is 0 Å². The van der Waals surface area contributed by atoms with E-state index in [4.69, 9.17) is 11.6 Å². The Morgan fingerprint density at radius 1 is 0.955 bits per heavy atom. The van der Waals surface area contributed by atoms with E-state index in [9.17, 15) is 9.59 Å². The molecule has 0 spiro atoms. The highest BCUT2D eigenvalue weighted by Gasteiger charge is 2.36. The molecule has 0 aromatic heterocycles. The van der Waals surface area contributed by atoms with E-state index in [1.165, 1.54) is 16.7 Å². The third-order valence-electron chi connectivity index (χ3n) is 5.30. The fourth-order valence-electron chi connectivity index (χ4n) is 4.29. The normalized spacial score (nSPS) is 21.3. The van der Waals surface area contributed by atoms with Gasteiger partial charge in [0.15, 0.2) is 0 Å². The average Bonchev–Trinajstić information content (AvgIpc) is 2.72. The first-order chi connectivity index (χ1) is 10.2. The quantitative estimate of drug-likeness (QED) is 0.715. The van der Waals surface area contributed by atoms with E-state index in [2.05, 4.69) is 27.7 Å². The predicted octanol–water partition coefficient (Wildman–Crippen LogP) is 4.49. The molecule has 0 atom stereocenters. The zero-order chi connectivity index (χ0) is 16.2. The maximum atomic E-state index is 11.8. The standard InChI is InChI=1S/C19H23ClO2/c1-10-15-8-19(3,4)9-16(15)11(2)18(20)17(10)12-5-13(21)7-14(22)6-12/h12H,5-9H2,1-4H3. The highest BCUT2D eigenvalue weighted by Crippen LogP contribution is 2.46. The highest BCUT2D eigenvalue weighted by molar-refractivity contribution is 6.32. The summed E-state index contributed by atoms with van der Waals surface area (Å²) >= 11 is 6.68. The zero-order valence-corrected chi connectivity index (χ0v) is 14.6. The predicted molar refractivity (Wildman–Crippen MR) is 88.7 cm³/mol. The Kier molecular flexibility index (Phi) is 3.71. The summed E-state index contributed by atoms with van der Waals surface area (Å²) in [6.45, 7) is 8.77. The van der Waals surface area contributed by atoms with Crippen molar-refractivity contribution in [3.05, 3.63) is 32.8 Å². The fourth-order valence-corrected chi connectivity index (χ4v) is 4.70. The summed E-state index contributed by atoms with van der Waals surface area (Å²) in [5.74, 6) is 0.0689. The number of ketones is 2. The number of halogens is 1. The van der Waals surface area contributed by atoms with Gasteiger partial charge in [0.25, 0.3) is 0 Å². The molecule has 0 amide bonds. The number of carbonyl (C=O) groups is 2. The van der Waals surface area contributed by atoms with Crippen molar-refractivity contribution in [2.24, 2.45) is 5.41 Å². The minimum Gasteiger partial charge on any atom is -0.299 e. The molecule has 0 heterocycles. The summed E-state index contributed by atoms with van der Waals surface area (Å²) in [5.41, 5.74) is 6.45. The summed E-state index contributed by atoms with van der Waals surface area (Å²) in [6.07, 6.45) is 3.11. The molecule has 0 radical (unpaired) electrons. The van der Waals surface area contributed by atoms with Gasteiger partial charge in [-0.05, 0) is 65.8 Å². The van der Waals surface area contributed by atoms with E-state index >= 15 is 0 Å². The molecule has 2 aliphatic carbocycles. The molecule has 2 aliphatic rings. The number of carbonyl (C=O) groups excluding carboxylic acids is 2. The second-order valence-corrected chi connectivity index (χ2v) is 8.19. The molecular formula is C19H23ClO2. The van der Waals surface area contributed by atoms with E-state index in [0.29, 0.717) is 12.8 Å². The molecule has 2 nitrogen and oxygen atoms in total. The number of rotatable bonds is 1. The Balaban J connectivity index is 2.12. The molecule has 3 rings (SSSR count). The second-order valence-electron chi connectivity index (χ2n) is 7.81. The molecule has 1 aromatic rings. The minimum absolute atomic E-state index is 0.0334. The SMILES string of the molecule is Cc1c(Cl)c(C2CC(=O)CC(=O)C2)c(C)c2c1CC(C)(C)C2.